The minimum absolute atomic E-state index is 0.0480. The number of nitrogens with zero attached hydrogens (tertiary/aromatic N) is 2. The van der Waals surface area contributed by atoms with E-state index in [0.717, 1.165) is 6.07 Å². The maximum atomic E-state index is 12.0. The number of carbonyl (C=O) groups is 1. The number of rotatable bonds is 7. The van der Waals surface area contributed by atoms with E-state index in [-0.39, 0.29) is 27.3 Å². The van der Waals surface area contributed by atoms with Crippen molar-refractivity contribution >= 4 is 53.7 Å². The summed E-state index contributed by atoms with van der Waals surface area (Å²) in [6.45, 7) is 0.762. The Labute approximate surface area is 189 Å². The lowest BCUT2D eigenvalue weighted by molar-refractivity contribution is -0.114. The molecule has 11 nitrogen and oxygen atoms in total. The minimum atomic E-state index is -4.80. The molecule has 3 rings (SSSR count). The normalized spacial score (nSPS) is 12.3. The van der Waals surface area contributed by atoms with Crippen LogP contribution in [-0.2, 0) is 24.7 Å². The SMILES string of the molecule is CC(=O)Nc1ccc2cc(S(=O)(=O)O)c(N=Nc3ccc(S(=O)(=O)CCO)cc3)c(O)c2c1. The summed E-state index contributed by atoms with van der Waals surface area (Å²) < 4.78 is 57.3. The molecular formula is C20H19N3O8S2. The van der Waals surface area contributed by atoms with E-state index in [1.807, 2.05) is 0 Å². The Balaban J connectivity index is 2.09. The first-order chi connectivity index (χ1) is 15.4. The Hall–Kier alpha value is -3.39. The quantitative estimate of drug-likeness (QED) is 0.286. The molecule has 33 heavy (non-hydrogen) atoms. The highest BCUT2D eigenvalue weighted by atomic mass is 32.2. The summed E-state index contributed by atoms with van der Waals surface area (Å²) in [4.78, 5) is 10.6. The van der Waals surface area contributed by atoms with Crippen molar-refractivity contribution in [2.45, 2.75) is 16.7 Å². The predicted molar refractivity (Wildman–Crippen MR) is 119 cm³/mol. The maximum Gasteiger partial charge on any atom is 0.296 e. The van der Waals surface area contributed by atoms with Gasteiger partial charge in [0, 0.05) is 18.0 Å². The number of carbonyl (C=O) groups excluding carboxylic acids is 1. The molecule has 0 heterocycles. The van der Waals surface area contributed by atoms with Gasteiger partial charge in [-0.25, -0.2) is 8.42 Å². The van der Waals surface area contributed by atoms with Crippen LogP contribution in [0.2, 0.25) is 0 Å². The number of nitrogens with one attached hydrogen (secondary N) is 1. The number of anilines is 1. The second-order valence-corrected chi connectivity index (χ2v) is 10.4. The molecule has 3 aromatic carbocycles. The number of amides is 1. The molecule has 0 unspecified atom stereocenters. The molecule has 0 aliphatic carbocycles. The van der Waals surface area contributed by atoms with Crippen LogP contribution in [0.5, 0.6) is 5.75 Å². The summed E-state index contributed by atoms with van der Waals surface area (Å²) in [7, 11) is -8.47. The van der Waals surface area contributed by atoms with Gasteiger partial charge in [-0.1, -0.05) is 6.07 Å². The van der Waals surface area contributed by atoms with Crippen LogP contribution in [-0.4, -0.2) is 49.9 Å². The van der Waals surface area contributed by atoms with Gasteiger partial charge in [0.15, 0.2) is 15.6 Å². The van der Waals surface area contributed by atoms with Crippen LogP contribution < -0.4 is 5.32 Å². The van der Waals surface area contributed by atoms with Gasteiger partial charge in [0.1, 0.15) is 10.6 Å². The molecule has 0 saturated carbocycles. The average molecular weight is 494 g/mol. The molecule has 0 bridgehead atoms. The van der Waals surface area contributed by atoms with Gasteiger partial charge in [-0.3, -0.25) is 9.35 Å². The van der Waals surface area contributed by atoms with Gasteiger partial charge in [-0.15, -0.1) is 5.11 Å². The Bertz CT molecular complexity index is 1470. The molecular weight excluding hydrogens is 474 g/mol. The number of aliphatic hydroxyl groups excluding tert-OH is 1. The molecule has 0 radical (unpaired) electrons. The highest BCUT2D eigenvalue weighted by Gasteiger charge is 2.22. The number of benzene rings is 3. The lowest BCUT2D eigenvalue weighted by Crippen LogP contribution is -2.09. The summed E-state index contributed by atoms with van der Waals surface area (Å²) in [5, 5.41) is 30.1. The number of azo groups is 1. The Morgan fingerprint density at radius 3 is 2.24 bits per heavy atom. The van der Waals surface area contributed by atoms with Crippen molar-refractivity contribution in [3.8, 4) is 5.75 Å². The van der Waals surface area contributed by atoms with Gasteiger partial charge in [0.2, 0.25) is 5.91 Å². The van der Waals surface area contributed by atoms with Crippen molar-refractivity contribution in [2.75, 3.05) is 17.7 Å². The van der Waals surface area contributed by atoms with Crippen molar-refractivity contribution in [1.29, 1.82) is 0 Å². The molecule has 1 amide bonds. The third kappa shape index (κ3) is 5.51. The van der Waals surface area contributed by atoms with E-state index in [0.29, 0.717) is 5.69 Å². The zero-order valence-electron chi connectivity index (χ0n) is 17.1. The van der Waals surface area contributed by atoms with Crippen molar-refractivity contribution < 1.29 is 36.4 Å². The number of hydrogen-bond donors (Lipinski definition) is 4. The number of sulfone groups is 1. The van der Waals surface area contributed by atoms with E-state index in [9.17, 15) is 31.3 Å². The number of phenols is 1. The first-order valence-corrected chi connectivity index (χ1v) is 12.4. The first-order valence-electron chi connectivity index (χ1n) is 9.32. The summed E-state index contributed by atoms with van der Waals surface area (Å²) in [6.07, 6.45) is 0. The number of aliphatic hydroxyl groups is 1. The van der Waals surface area contributed by atoms with Crippen LogP contribution in [0.3, 0.4) is 0 Å². The molecule has 0 spiro atoms. The molecule has 0 aliphatic rings. The van der Waals surface area contributed by atoms with Gasteiger partial charge >= 0.3 is 0 Å². The van der Waals surface area contributed by atoms with Gasteiger partial charge in [0.25, 0.3) is 10.1 Å². The van der Waals surface area contributed by atoms with Crippen molar-refractivity contribution in [3.63, 3.8) is 0 Å². The Kier molecular flexibility index (Phi) is 6.78. The molecule has 0 aliphatic heterocycles. The van der Waals surface area contributed by atoms with Crippen LogP contribution in [0.15, 0.2) is 68.6 Å². The van der Waals surface area contributed by atoms with Crippen molar-refractivity contribution in [3.05, 3.63) is 48.5 Å². The third-order valence-electron chi connectivity index (χ3n) is 4.47. The smallest absolute Gasteiger partial charge is 0.296 e. The lowest BCUT2D eigenvalue weighted by Gasteiger charge is -2.10. The highest BCUT2D eigenvalue weighted by molar-refractivity contribution is 7.91. The van der Waals surface area contributed by atoms with Gasteiger partial charge in [0.05, 0.1) is 22.9 Å². The topological polar surface area (TPSA) is 183 Å². The number of phenolic OH excluding ortho intramolecular Hbond substituents is 1. The van der Waals surface area contributed by atoms with Gasteiger partial charge in [-0.2, -0.15) is 13.5 Å². The molecule has 0 fully saturated rings. The van der Waals surface area contributed by atoms with E-state index in [1.54, 1.807) is 0 Å². The molecule has 0 saturated heterocycles. The van der Waals surface area contributed by atoms with Crippen molar-refractivity contribution in [1.82, 2.24) is 0 Å². The molecule has 3 aromatic rings. The standard InChI is InChI=1S/C20H19N3O8S2/c1-12(25)21-15-3-2-13-10-18(33(29,30)31)19(20(26)17(13)11-15)23-22-14-4-6-16(7-5-14)32(27,28)9-8-24/h2-7,10-11,24,26H,8-9H2,1H3,(H,21,25)(H,29,30,31). The molecule has 0 aromatic heterocycles. The van der Waals surface area contributed by atoms with Crippen LogP contribution in [0.25, 0.3) is 10.8 Å². The minimum Gasteiger partial charge on any atom is -0.505 e. The van der Waals surface area contributed by atoms with Crippen LogP contribution in [0, 0.1) is 0 Å². The Morgan fingerprint density at radius 2 is 1.67 bits per heavy atom. The third-order valence-corrected chi connectivity index (χ3v) is 7.05. The molecule has 4 N–H and O–H groups in total. The van der Waals surface area contributed by atoms with E-state index in [2.05, 4.69) is 15.5 Å². The monoisotopic (exact) mass is 493 g/mol. The van der Waals surface area contributed by atoms with E-state index >= 15 is 0 Å². The van der Waals surface area contributed by atoms with E-state index in [1.165, 1.54) is 49.4 Å². The largest absolute Gasteiger partial charge is 0.505 e. The van der Waals surface area contributed by atoms with E-state index < -0.39 is 48.6 Å². The fourth-order valence-corrected chi connectivity index (χ4v) is 4.67. The van der Waals surface area contributed by atoms with Gasteiger partial charge in [-0.05, 0) is 47.9 Å². The summed E-state index contributed by atoms with van der Waals surface area (Å²) in [6, 6.07) is 10.5. The maximum absolute atomic E-state index is 12.0. The molecule has 0 atom stereocenters. The molecule has 13 heteroatoms. The number of fused-ring (bicyclic) bond motifs is 1. The highest BCUT2D eigenvalue weighted by Crippen LogP contribution is 2.42. The van der Waals surface area contributed by atoms with E-state index in [4.69, 9.17) is 5.11 Å². The summed E-state index contributed by atoms with van der Waals surface area (Å²) in [5.74, 6) is -1.40. The predicted octanol–water partition coefficient (Wildman–Crippen LogP) is 2.93. The average Bonchev–Trinajstić information content (AvgIpc) is 2.72. The van der Waals surface area contributed by atoms with Crippen LogP contribution >= 0.6 is 0 Å². The first kappa shape index (κ1) is 24.3. The van der Waals surface area contributed by atoms with Crippen LogP contribution in [0.1, 0.15) is 6.92 Å². The second kappa shape index (κ2) is 9.23. The van der Waals surface area contributed by atoms with Crippen LogP contribution in [0.4, 0.5) is 17.1 Å². The lowest BCUT2D eigenvalue weighted by atomic mass is 10.1. The molecule has 174 valence electrons. The number of aromatic hydroxyl groups is 1. The zero-order chi connectivity index (χ0) is 24.4. The fraction of sp³-hybridized carbons (Fsp3) is 0.150. The summed E-state index contributed by atoms with van der Waals surface area (Å²) in [5.41, 5.74) is -0.0693. The fourth-order valence-electron chi connectivity index (χ4n) is 2.98. The number of hydrogen-bond acceptors (Lipinski definition) is 9. The van der Waals surface area contributed by atoms with Crippen molar-refractivity contribution in [2.24, 2.45) is 10.2 Å². The summed E-state index contributed by atoms with van der Waals surface area (Å²) >= 11 is 0. The second-order valence-electron chi connectivity index (χ2n) is 6.90. The zero-order valence-corrected chi connectivity index (χ0v) is 18.8. The Morgan fingerprint density at radius 1 is 1.00 bits per heavy atom. The van der Waals surface area contributed by atoms with Gasteiger partial charge < -0.3 is 15.5 Å².